The van der Waals surface area contributed by atoms with Crippen LogP contribution in [0.15, 0.2) is 10.6 Å². The van der Waals surface area contributed by atoms with Gasteiger partial charge in [-0.3, -0.25) is 4.79 Å². The summed E-state index contributed by atoms with van der Waals surface area (Å²) in [6, 6.07) is 0. The molecule has 1 amide bonds. The average molecular weight is 262 g/mol. The van der Waals surface area contributed by atoms with Crippen LogP contribution in [0.5, 0.6) is 0 Å². The Balaban J connectivity index is 2.05. The van der Waals surface area contributed by atoms with Gasteiger partial charge < -0.3 is 4.90 Å². The molecule has 0 aromatic heterocycles. The zero-order valence-electron chi connectivity index (χ0n) is 9.67. The number of hydrogen-bond donors (Lipinski definition) is 0. The second-order valence-electron chi connectivity index (χ2n) is 5.31. The zero-order valence-corrected chi connectivity index (χ0v) is 11.2. The first-order valence-electron chi connectivity index (χ1n) is 5.76. The van der Waals surface area contributed by atoms with Gasteiger partial charge in [0.15, 0.2) is 0 Å². The minimum Gasteiger partial charge on any atom is -0.342 e. The third-order valence-electron chi connectivity index (χ3n) is 3.90. The van der Waals surface area contributed by atoms with Crippen LogP contribution in [-0.4, -0.2) is 23.9 Å². The zero-order chi connectivity index (χ0) is 11.9. The van der Waals surface area contributed by atoms with Gasteiger partial charge in [0.1, 0.15) is 4.49 Å². The average Bonchev–Trinajstić information content (AvgIpc) is 2.63. The molecule has 0 spiro atoms. The maximum atomic E-state index is 12.2. The number of halogens is 2. The predicted molar refractivity (Wildman–Crippen MR) is 66.4 cm³/mol. The molecule has 1 aliphatic carbocycles. The number of rotatable bonds is 2. The quantitative estimate of drug-likeness (QED) is 0.748. The first-order chi connectivity index (χ1) is 7.44. The molecule has 1 heterocycles. The van der Waals surface area contributed by atoms with Crippen molar-refractivity contribution in [3.63, 3.8) is 0 Å². The highest BCUT2D eigenvalue weighted by Crippen LogP contribution is 2.60. The second-order valence-corrected chi connectivity index (χ2v) is 6.32. The summed E-state index contributed by atoms with van der Waals surface area (Å²) in [6.07, 6.45) is 4.08. The summed E-state index contributed by atoms with van der Waals surface area (Å²) in [4.78, 5) is 14.2. The second kappa shape index (κ2) is 4.23. The van der Waals surface area contributed by atoms with Gasteiger partial charge in [0.25, 0.3) is 0 Å². The van der Waals surface area contributed by atoms with Crippen molar-refractivity contribution in [1.82, 2.24) is 4.90 Å². The van der Waals surface area contributed by atoms with Gasteiger partial charge in [0.2, 0.25) is 5.91 Å². The van der Waals surface area contributed by atoms with E-state index in [9.17, 15) is 4.79 Å². The van der Waals surface area contributed by atoms with Crippen LogP contribution in [0.3, 0.4) is 0 Å². The highest BCUT2D eigenvalue weighted by Gasteiger charge is 2.61. The van der Waals surface area contributed by atoms with E-state index in [4.69, 9.17) is 23.2 Å². The van der Waals surface area contributed by atoms with Crippen LogP contribution in [0.2, 0.25) is 0 Å². The fourth-order valence-electron chi connectivity index (χ4n) is 2.73. The Bertz CT molecular complexity index is 328. The van der Waals surface area contributed by atoms with Crippen molar-refractivity contribution >= 4 is 29.1 Å². The fourth-order valence-corrected chi connectivity index (χ4v) is 3.00. The molecule has 0 aromatic carbocycles. The smallest absolute Gasteiger partial charge is 0.226 e. The Morgan fingerprint density at radius 1 is 1.31 bits per heavy atom. The van der Waals surface area contributed by atoms with Crippen LogP contribution in [0.25, 0.3) is 0 Å². The van der Waals surface area contributed by atoms with Crippen molar-refractivity contribution in [2.45, 2.75) is 26.7 Å². The molecule has 1 aliphatic heterocycles. The Morgan fingerprint density at radius 2 is 1.88 bits per heavy atom. The van der Waals surface area contributed by atoms with E-state index in [1.807, 2.05) is 11.0 Å². The number of carbonyl (C=O) groups is 1. The van der Waals surface area contributed by atoms with E-state index in [1.165, 1.54) is 0 Å². The van der Waals surface area contributed by atoms with Gasteiger partial charge >= 0.3 is 0 Å². The lowest BCUT2D eigenvalue weighted by molar-refractivity contribution is -0.132. The normalized spacial score (nSPS) is 31.4. The molecular formula is C12H17Cl2NO. The maximum absolute atomic E-state index is 12.2. The lowest BCUT2D eigenvalue weighted by Crippen LogP contribution is -2.30. The predicted octanol–water partition coefficient (Wildman–Crippen LogP) is 3.20. The summed E-state index contributed by atoms with van der Waals surface area (Å²) < 4.78 is 0.273. The molecule has 4 heteroatoms. The van der Waals surface area contributed by atoms with Gasteiger partial charge in [-0.2, -0.15) is 0 Å². The molecule has 0 radical (unpaired) electrons. The Labute approximate surface area is 107 Å². The van der Waals surface area contributed by atoms with E-state index < -0.39 is 0 Å². The first-order valence-corrected chi connectivity index (χ1v) is 6.52. The minimum atomic E-state index is 0.00863. The molecule has 1 saturated carbocycles. The standard InChI is InChI=1S/C12H17Cl2NO/c1-12(2)8(7-9(13)14)10(12)11(16)15-5-3-4-6-15/h7-8,10H,3-6H2,1-2H3/t8-,10-/m1/s1. The van der Waals surface area contributed by atoms with Gasteiger partial charge in [-0.1, -0.05) is 37.0 Å². The first kappa shape index (κ1) is 12.3. The van der Waals surface area contributed by atoms with Gasteiger partial charge in [-0.05, 0) is 30.3 Å². The number of hydrogen-bond acceptors (Lipinski definition) is 1. The molecule has 2 atom stereocenters. The number of amides is 1. The van der Waals surface area contributed by atoms with Crippen LogP contribution in [0.1, 0.15) is 26.7 Å². The summed E-state index contributed by atoms with van der Waals surface area (Å²) in [5.74, 6) is 0.544. The summed E-state index contributed by atoms with van der Waals surface area (Å²) in [5.41, 5.74) is 0.00863. The van der Waals surface area contributed by atoms with E-state index in [0.717, 1.165) is 25.9 Å². The van der Waals surface area contributed by atoms with Crippen molar-refractivity contribution < 1.29 is 4.79 Å². The van der Waals surface area contributed by atoms with Crippen molar-refractivity contribution in [1.29, 1.82) is 0 Å². The topological polar surface area (TPSA) is 20.3 Å². The van der Waals surface area contributed by atoms with Gasteiger partial charge in [-0.25, -0.2) is 0 Å². The van der Waals surface area contributed by atoms with Gasteiger partial charge in [-0.15, -0.1) is 0 Å². The molecule has 2 aliphatic rings. The molecule has 0 N–H and O–H groups in total. The summed E-state index contributed by atoms with van der Waals surface area (Å²) in [5, 5.41) is 0. The highest BCUT2D eigenvalue weighted by atomic mass is 35.5. The molecule has 0 unspecified atom stereocenters. The molecule has 1 saturated heterocycles. The monoisotopic (exact) mass is 261 g/mol. The summed E-state index contributed by atoms with van der Waals surface area (Å²) in [6.45, 7) is 6.03. The van der Waals surface area contributed by atoms with Gasteiger partial charge in [0, 0.05) is 13.1 Å². The number of nitrogens with zero attached hydrogens (tertiary/aromatic N) is 1. The molecule has 2 rings (SSSR count). The third kappa shape index (κ3) is 2.10. The van der Waals surface area contributed by atoms with Crippen molar-refractivity contribution in [2.75, 3.05) is 13.1 Å². The molecule has 16 heavy (non-hydrogen) atoms. The molecule has 0 aromatic rings. The van der Waals surface area contributed by atoms with E-state index in [-0.39, 0.29) is 27.6 Å². The fraction of sp³-hybridized carbons (Fsp3) is 0.750. The van der Waals surface area contributed by atoms with Crippen LogP contribution in [0, 0.1) is 17.3 Å². The van der Waals surface area contributed by atoms with E-state index in [2.05, 4.69) is 13.8 Å². The molecular weight excluding hydrogens is 245 g/mol. The Morgan fingerprint density at radius 3 is 2.38 bits per heavy atom. The largest absolute Gasteiger partial charge is 0.342 e. The molecule has 2 fully saturated rings. The van der Waals surface area contributed by atoms with E-state index in [0.29, 0.717) is 0 Å². The van der Waals surface area contributed by atoms with Crippen molar-refractivity contribution in [3.8, 4) is 0 Å². The van der Waals surface area contributed by atoms with Crippen molar-refractivity contribution in [3.05, 3.63) is 10.6 Å². The van der Waals surface area contributed by atoms with E-state index in [1.54, 1.807) is 0 Å². The Hall–Kier alpha value is -0.210. The number of allylic oxidation sites excluding steroid dienone is 1. The lowest BCUT2D eigenvalue weighted by Gasteiger charge is -2.15. The summed E-state index contributed by atoms with van der Waals surface area (Å²) in [7, 11) is 0. The minimum absolute atomic E-state index is 0.00863. The lowest BCUT2D eigenvalue weighted by atomic mass is 10.1. The molecule has 0 bridgehead atoms. The number of likely N-dealkylation sites (tertiary alicyclic amines) is 1. The Kier molecular flexibility index (Phi) is 3.24. The highest BCUT2D eigenvalue weighted by molar-refractivity contribution is 6.55. The van der Waals surface area contributed by atoms with Crippen LogP contribution in [0.4, 0.5) is 0 Å². The van der Waals surface area contributed by atoms with Crippen LogP contribution < -0.4 is 0 Å². The molecule has 90 valence electrons. The SMILES string of the molecule is CC1(C)[C@H](C=C(Cl)Cl)[C@@H]1C(=O)N1CCCC1. The van der Waals surface area contributed by atoms with Crippen molar-refractivity contribution in [2.24, 2.45) is 17.3 Å². The van der Waals surface area contributed by atoms with Crippen LogP contribution in [-0.2, 0) is 4.79 Å². The maximum Gasteiger partial charge on any atom is 0.226 e. The van der Waals surface area contributed by atoms with E-state index >= 15 is 0 Å². The van der Waals surface area contributed by atoms with Gasteiger partial charge in [0.05, 0.1) is 5.92 Å². The number of carbonyl (C=O) groups excluding carboxylic acids is 1. The third-order valence-corrected chi connectivity index (χ3v) is 4.15. The summed E-state index contributed by atoms with van der Waals surface area (Å²) >= 11 is 11.3. The molecule has 2 nitrogen and oxygen atoms in total. The van der Waals surface area contributed by atoms with Crippen LogP contribution >= 0.6 is 23.2 Å².